The van der Waals surface area contributed by atoms with Crippen LogP contribution in [0.3, 0.4) is 0 Å². The van der Waals surface area contributed by atoms with Crippen molar-refractivity contribution in [2.75, 3.05) is 6.61 Å². The van der Waals surface area contributed by atoms with Crippen LogP contribution in [0.2, 0.25) is 5.02 Å². The van der Waals surface area contributed by atoms with Gasteiger partial charge in [-0.2, -0.15) is 0 Å². The third-order valence-electron chi connectivity index (χ3n) is 5.78. The lowest BCUT2D eigenvalue weighted by molar-refractivity contribution is -0.143. The van der Waals surface area contributed by atoms with E-state index in [2.05, 4.69) is 21.2 Å². The van der Waals surface area contributed by atoms with Gasteiger partial charge >= 0.3 is 0 Å². The molecule has 1 N–H and O–H groups in total. The predicted octanol–water partition coefficient (Wildman–Crippen LogP) is 5.74. The fourth-order valence-electron chi connectivity index (χ4n) is 4.06. The van der Waals surface area contributed by atoms with Gasteiger partial charge in [0.25, 0.3) is 5.91 Å². The van der Waals surface area contributed by atoms with Crippen molar-refractivity contribution >= 4 is 39.3 Å². The van der Waals surface area contributed by atoms with Gasteiger partial charge in [-0.1, -0.05) is 84.0 Å². The molecule has 32 heavy (non-hydrogen) atoms. The minimum absolute atomic E-state index is 0.0923. The van der Waals surface area contributed by atoms with Gasteiger partial charge in [-0.05, 0) is 43.0 Å². The first-order valence-corrected chi connectivity index (χ1v) is 12.4. The van der Waals surface area contributed by atoms with Gasteiger partial charge in [-0.25, -0.2) is 0 Å². The summed E-state index contributed by atoms with van der Waals surface area (Å²) in [6.45, 7) is 2.08. The number of halogens is 2. The minimum atomic E-state index is -0.561. The Bertz CT molecular complexity index is 903. The van der Waals surface area contributed by atoms with E-state index in [0.717, 1.165) is 35.7 Å². The standard InChI is InChI=1S/C25H30BrClN2O3/c1-2-22(25(31)28-20-11-7-4-8-12-20)29(16-18-9-5-3-6-10-18)24(30)17-32-23-14-13-19(26)15-21(23)27/h3,5-6,9-10,13-15,20,22H,2,4,7-8,11-12,16-17H2,1H3,(H,28,31)/t22-/m0/s1. The Labute approximate surface area is 203 Å². The van der Waals surface area contributed by atoms with Crippen LogP contribution >= 0.6 is 27.5 Å². The molecule has 0 aliphatic heterocycles. The lowest BCUT2D eigenvalue weighted by atomic mass is 9.95. The summed E-state index contributed by atoms with van der Waals surface area (Å²) in [6, 6.07) is 14.6. The van der Waals surface area contributed by atoms with Crippen molar-refractivity contribution in [3.63, 3.8) is 0 Å². The number of hydrogen-bond acceptors (Lipinski definition) is 3. The van der Waals surface area contributed by atoms with Crippen LogP contribution in [0.15, 0.2) is 53.0 Å². The SMILES string of the molecule is CC[C@@H](C(=O)NC1CCCCC1)N(Cc1ccccc1)C(=O)COc1ccc(Br)cc1Cl. The monoisotopic (exact) mass is 520 g/mol. The van der Waals surface area contributed by atoms with Crippen molar-refractivity contribution in [3.05, 3.63) is 63.6 Å². The minimum Gasteiger partial charge on any atom is -0.482 e. The van der Waals surface area contributed by atoms with Crippen LogP contribution in [-0.2, 0) is 16.1 Å². The number of ether oxygens (including phenoxy) is 1. The van der Waals surface area contributed by atoms with Crippen LogP contribution in [0.4, 0.5) is 0 Å². The molecule has 1 fully saturated rings. The molecule has 5 nitrogen and oxygen atoms in total. The van der Waals surface area contributed by atoms with Gasteiger partial charge in [-0.3, -0.25) is 9.59 Å². The van der Waals surface area contributed by atoms with E-state index in [-0.39, 0.29) is 24.5 Å². The number of carbonyl (C=O) groups excluding carboxylic acids is 2. The van der Waals surface area contributed by atoms with Crippen LogP contribution in [0.1, 0.15) is 51.0 Å². The summed E-state index contributed by atoms with van der Waals surface area (Å²) in [5.74, 6) is 0.0893. The van der Waals surface area contributed by atoms with E-state index in [1.165, 1.54) is 6.42 Å². The topological polar surface area (TPSA) is 58.6 Å². The largest absolute Gasteiger partial charge is 0.482 e. The molecule has 172 valence electrons. The molecule has 1 aliphatic carbocycles. The van der Waals surface area contributed by atoms with Crippen molar-refractivity contribution in [2.24, 2.45) is 0 Å². The van der Waals surface area contributed by atoms with Gasteiger partial charge in [-0.15, -0.1) is 0 Å². The molecule has 2 aromatic carbocycles. The number of rotatable bonds is 9. The van der Waals surface area contributed by atoms with Crippen molar-refractivity contribution in [2.45, 2.75) is 64.1 Å². The Morgan fingerprint density at radius 2 is 1.88 bits per heavy atom. The Balaban J connectivity index is 1.74. The highest BCUT2D eigenvalue weighted by molar-refractivity contribution is 9.10. The first-order valence-electron chi connectivity index (χ1n) is 11.2. The lowest BCUT2D eigenvalue weighted by Gasteiger charge is -2.32. The highest BCUT2D eigenvalue weighted by Gasteiger charge is 2.30. The van der Waals surface area contributed by atoms with Crippen molar-refractivity contribution < 1.29 is 14.3 Å². The molecule has 0 heterocycles. The summed E-state index contributed by atoms with van der Waals surface area (Å²) in [5.41, 5.74) is 0.964. The van der Waals surface area contributed by atoms with Crippen LogP contribution < -0.4 is 10.1 Å². The van der Waals surface area contributed by atoms with E-state index in [4.69, 9.17) is 16.3 Å². The maximum absolute atomic E-state index is 13.3. The molecule has 3 rings (SSSR count). The molecule has 0 radical (unpaired) electrons. The molecule has 0 spiro atoms. The second-order valence-electron chi connectivity index (χ2n) is 8.14. The zero-order valence-electron chi connectivity index (χ0n) is 18.4. The van der Waals surface area contributed by atoms with E-state index in [9.17, 15) is 9.59 Å². The predicted molar refractivity (Wildman–Crippen MR) is 131 cm³/mol. The highest BCUT2D eigenvalue weighted by Crippen LogP contribution is 2.28. The second kappa shape index (κ2) is 12.3. The summed E-state index contributed by atoms with van der Waals surface area (Å²) in [7, 11) is 0. The van der Waals surface area contributed by atoms with Gasteiger partial charge in [0.2, 0.25) is 5.91 Å². The Hall–Kier alpha value is -2.05. The highest BCUT2D eigenvalue weighted by atomic mass is 79.9. The summed E-state index contributed by atoms with van der Waals surface area (Å²) >= 11 is 9.59. The summed E-state index contributed by atoms with van der Waals surface area (Å²) in [5, 5.41) is 3.60. The van der Waals surface area contributed by atoms with Gasteiger partial charge in [0.1, 0.15) is 11.8 Å². The number of carbonyl (C=O) groups is 2. The van der Waals surface area contributed by atoms with Crippen molar-refractivity contribution in [1.29, 1.82) is 0 Å². The number of amides is 2. The fourth-order valence-corrected chi connectivity index (χ4v) is 4.79. The number of nitrogens with zero attached hydrogens (tertiary/aromatic N) is 1. The third-order valence-corrected chi connectivity index (χ3v) is 6.57. The molecule has 0 unspecified atom stereocenters. The Morgan fingerprint density at radius 3 is 2.53 bits per heavy atom. The van der Waals surface area contributed by atoms with E-state index in [0.29, 0.717) is 23.7 Å². The summed E-state index contributed by atoms with van der Waals surface area (Å²) in [4.78, 5) is 28.1. The molecule has 1 aliphatic rings. The van der Waals surface area contributed by atoms with E-state index in [1.54, 1.807) is 23.1 Å². The third kappa shape index (κ3) is 6.97. The first-order chi connectivity index (χ1) is 15.5. The lowest BCUT2D eigenvalue weighted by Crippen LogP contribution is -2.52. The van der Waals surface area contributed by atoms with Gasteiger partial charge in [0.05, 0.1) is 5.02 Å². The zero-order chi connectivity index (χ0) is 22.9. The van der Waals surface area contributed by atoms with E-state index < -0.39 is 6.04 Å². The molecule has 2 aromatic rings. The molecule has 0 aromatic heterocycles. The van der Waals surface area contributed by atoms with Crippen LogP contribution in [0.25, 0.3) is 0 Å². The van der Waals surface area contributed by atoms with Crippen molar-refractivity contribution in [1.82, 2.24) is 10.2 Å². The van der Waals surface area contributed by atoms with Crippen molar-refractivity contribution in [3.8, 4) is 5.75 Å². The zero-order valence-corrected chi connectivity index (χ0v) is 20.7. The molecule has 1 atom stereocenters. The first kappa shape index (κ1) is 24.6. The number of benzene rings is 2. The normalized spacial score (nSPS) is 15.1. The maximum atomic E-state index is 13.3. The Morgan fingerprint density at radius 1 is 1.16 bits per heavy atom. The summed E-state index contributed by atoms with van der Waals surface area (Å²) in [6.07, 6.45) is 6.01. The van der Waals surface area contributed by atoms with Crippen LogP contribution in [-0.4, -0.2) is 35.4 Å². The molecule has 7 heteroatoms. The maximum Gasteiger partial charge on any atom is 0.261 e. The fraction of sp³-hybridized carbons (Fsp3) is 0.440. The molecule has 0 bridgehead atoms. The molecular formula is C25H30BrClN2O3. The average Bonchev–Trinajstić information content (AvgIpc) is 2.79. The molecule has 0 saturated heterocycles. The number of nitrogens with one attached hydrogen (secondary N) is 1. The molecular weight excluding hydrogens is 492 g/mol. The summed E-state index contributed by atoms with van der Waals surface area (Å²) < 4.78 is 6.55. The quantitative estimate of drug-likeness (QED) is 0.458. The van der Waals surface area contributed by atoms with E-state index >= 15 is 0 Å². The van der Waals surface area contributed by atoms with E-state index in [1.807, 2.05) is 37.3 Å². The van der Waals surface area contributed by atoms with Gasteiger partial charge < -0.3 is 15.0 Å². The Kier molecular flexibility index (Phi) is 9.42. The van der Waals surface area contributed by atoms with Gasteiger partial charge in [0.15, 0.2) is 6.61 Å². The smallest absolute Gasteiger partial charge is 0.261 e. The van der Waals surface area contributed by atoms with Gasteiger partial charge in [0, 0.05) is 17.1 Å². The van der Waals surface area contributed by atoms with Crippen LogP contribution in [0.5, 0.6) is 5.75 Å². The average molecular weight is 522 g/mol. The number of hydrogen-bond donors (Lipinski definition) is 1. The molecule has 1 saturated carbocycles. The second-order valence-corrected chi connectivity index (χ2v) is 9.46. The molecule has 2 amide bonds. The van der Waals surface area contributed by atoms with Crippen LogP contribution in [0, 0.1) is 0 Å².